The zero-order valence-electron chi connectivity index (χ0n) is 16.6. The number of carbonyl (C=O) groups excluding carboxylic acids is 1. The maximum Gasteiger partial charge on any atom is 0.243 e. The predicted octanol–water partition coefficient (Wildman–Crippen LogP) is 2.65. The van der Waals surface area contributed by atoms with Gasteiger partial charge in [0.05, 0.1) is 35.9 Å². The Hall–Kier alpha value is -3.09. The van der Waals surface area contributed by atoms with E-state index < -0.39 is 10.0 Å². The number of nitrogens with zero attached hydrogens (tertiary/aromatic N) is 2. The van der Waals surface area contributed by atoms with Gasteiger partial charge < -0.3 is 15.4 Å². The Bertz CT molecular complexity index is 1010. The number of amides is 1. The highest BCUT2D eigenvalue weighted by Crippen LogP contribution is 2.29. The molecule has 1 amide bonds. The van der Waals surface area contributed by atoms with Gasteiger partial charge in [0.1, 0.15) is 5.75 Å². The van der Waals surface area contributed by atoms with Gasteiger partial charge >= 0.3 is 0 Å². The van der Waals surface area contributed by atoms with Crippen LogP contribution in [0.25, 0.3) is 0 Å². The van der Waals surface area contributed by atoms with Gasteiger partial charge in [-0.25, -0.2) is 8.42 Å². The third-order valence-corrected chi connectivity index (χ3v) is 6.28. The molecule has 2 aromatic rings. The lowest BCUT2D eigenvalue weighted by Crippen LogP contribution is -2.30. The first-order chi connectivity index (χ1) is 13.8. The number of benzene rings is 2. The Morgan fingerprint density at radius 2 is 1.90 bits per heavy atom. The topological polar surface area (TPSA) is 112 Å². The molecule has 0 radical (unpaired) electrons. The summed E-state index contributed by atoms with van der Waals surface area (Å²) < 4.78 is 32.1. The highest BCUT2D eigenvalue weighted by molar-refractivity contribution is 7.89. The molecule has 9 heteroatoms. The number of carbonyl (C=O) groups is 1. The second-order valence-electron chi connectivity index (χ2n) is 6.05. The summed E-state index contributed by atoms with van der Waals surface area (Å²) in [4.78, 5) is 12.4. The number of nitriles is 1. The van der Waals surface area contributed by atoms with E-state index in [1.807, 2.05) is 6.07 Å². The van der Waals surface area contributed by atoms with Crippen LogP contribution in [0.5, 0.6) is 5.75 Å². The fraction of sp³-hybridized carbons (Fsp3) is 0.300. The monoisotopic (exact) mass is 416 g/mol. The van der Waals surface area contributed by atoms with Crippen molar-refractivity contribution in [3.63, 3.8) is 0 Å². The lowest BCUT2D eigenvalue weighted by atomic mass is 10.2. The van der Waals surface area contributed by atoms with E-state index in [4.69, 9.17) is 10.00 Å². The lowest BCUT2D eigenvalue weighted by Gasteiger charge is -2.19. The molecule has 0 spiro atoms. The van der Waals surface area contributed by atoms with Gasteiger partial charge in [-0.15, -0.1) is 0 Å². The third kappa shape index (κ3) is 5.47. The number of hydrogen-bond acceptors (Lipinski definition) is 6. The van der Waals surface area contributed by atoms with E-state index in [9.17, 15) is 13.2 Å². The lowest BCUT2D eigenvalue weighted by molar-refractivity contribution is -0.114. The van der Waals surface area contributed by atoms with Gasteiger partial charge in [-0.2, -0.15) is 9.57 Å². The summed E-state index contributed by atoms with van der Waals surface area (Å²) in [5, 5.41) is 14.5. The summed E-state index contributed by atoms with van der Waals surface area (Å²) in [6.07, 6.45) is 0. The summed E-state index contributed by atoms with van der Waals surface area (Å²) in [6.45, 7) is 4.15. The largest absolute Gasteiger partial charge is 0.495 e. The van der Waals surface area contributed by atoms with Crippen molar-refractivity contribution in [3.05, 3.63) is 48.0 Å². The molecule has 2 aromatic carbocycles. The first kappa shape index (κ1) is 22.2. The summed E-state index contributed by atoms with van der Waals surface area (Å²) in [6, 6.07) is 13.1. The Kier molecular flexibility index (Phi) is 7.59. The Morgan fingerprint density at radius 3 is 2.52 bits per heavy atom. The Labute approximate surface area is 171 Å². The van der Waals surface area contributed by atoms with Gasteiger partial charge in [0, 0.05) is 18.8 Å². The number of sulfonamides is 1. The quantitative estimate of drug-likeness (QED) is 0.650. The number of rotatable bonds is 9. The summed E-state index contributed by atoms with van der Waals surface area (Å²) in [5.74, 6) is -0.0358. The highest BCUT2D eigenvalue weighted by Gasteiger charge is 2.23. The number of hydrogen-bond donors (Lipinski definition) is 2. The minimum atomic E-state index is -3.67. The molecule has 8 nitrogen and oxygen atoms in total. The molecule has 0 heterocycles. The molecule has 0 aliphatic carbocycles. The molecule has 0 fully saturated rings. The van der Waals surface area contributed by atoms with Crippen molar-refractivity contribution in [2.75, 3.05) is 37.4 Å². The van der Waals surface area contributed by atoms with Gasteiger partial charge in [0.2, 0.25) is 15.9 Å². The first-order valence-corrected chi connectivity index (χ1v) is 10.5. The Balaban J connectivity index is 2.18. The molecule has 154 valence electrons. The second kappa shape index (κ2) is 9.91. The van der Waals surface area contributed by atoms with E-state index >= 15 is 0 Å². The minimum Gasteiger partial charge on any atom is -0.495 e. The zero-order valence-corrected chi connectivity index (χ0v) is 17.4. The van der Waals surface area contributed by atoms with Crippen molar-refractivity contribution in [2.45, 2.75) is 18.7 Å². The van der Waals surface area contributed by atoms with Gasteiger partial charge in [0.25, 0.3) is 0 Å². The van der Waals surface area contributed by atoms with Gasteiger partial charge in [-0.3, -0.25) is 4.79 Å². The number of anilines is 2. The van der Waals surface area contributed by atoms with E-state index in [0.717, 1.165) is 0 Å². The molecule has 2 N–H and O–H groups in total. The van der Waals surface area contributed by atoms with E-state index in [1.54, 1.807) is 38.1 Å². The van der Waals surface area contributed by atoms with Crippen LogP contribution >= 0.6 is 0 Å². The van der Waals surface area contributed by atoms with Crippen LogP contribution < -0.4 is 15.4 Å². The average Bonchev–Trinajstić information content (AvgIpc) is 2.73. The second-order valence-corrected chi connectivity index (χ2v) is 7.98. The van der Waals surface area contributed by atoms with Gasteiger partial charge in [-0.1, -0.05) is 19.9 Å². The van der Waals surface area contributed by atoms with Crippen molar-refractivity contribution in [3.8, 4) is 11.8 Å². The van der Waals surface area contributed by atoms with Crippen molar-refractivity contribution in [2.24, 2.45) is 0 Å². The molecule has 0 saturated heterocycles. The maximum absolute atomic E-state index is 12.7. The normalized spacial score (nSPS) is 11.0. The summed E-state index contributed by atoms with van der Waals surface area (Å²) in [5.41, 5.74) is 1.37. The van der Waals surface area contributed by atoms with Crippen LogP contribution in [0.1, 0.15) is 19.4 Å². The van der Waals surface area contributed by atoms with Crippen LogP contribution in [-0.4, -0.2) is 45.4 Å². The van der Waals surface area contributed by atoms with Crippen molar-refractivity contribution < 1.29 is 17.9 Å². The molecular weight excluding hydrogens is 392 g/mol. The molecule has 29 heavy (non-hydrogen) atoms. The fourth-order valence-corrected chi connectivity index (χ4v) is 4.22. The van der Waals surface area contributed by atoms with Crippen LogP contribution in [0.15, 0.2) is 47.4 Å². The smallest absolute Gasteiger partial charge is 0.243 e. The molecule has 2 rings (SSSR count). The van der Waals surface area contributed by atoms with E-state index in [2.05, 4.69) is 10.6 Å². The van der Waals surface area contributed by atoms with Crippen molar-refractivity contribution in [1.82, 2.24) is 4.31 Å². The van der Waals surface area contributed by atoms with E-state index in [0.29, 0.717) is 30.1 Å². The minimum absolute atomic E-state index is 0.0644. The van der Waals surface area contributed by atoms with Crippen LogP contribution in [0.3, 0.4) is 0 Å². The molecule has 0 bridgehead atoms. The number of methoxy groups -OCH3 is 1. The molecule has 0 unspecified atom stereocenters. The van der Waals surface area contributed by atoms with Gasteiger partial charge in [-0.05, 0) is 36.4 Å². The first-order valence-electron chi connectivity index (χ1n) is 9.07. The Morgan fingerprint density at radius 1 is 1.17 bits per heavy atom. The standard InChI is InChI=1S/C20H24N4O4S/c1-4-24(5-2)29(26,27)17-9-10-19(28-3)18(12-17)23-20(25)14-22-16-8-6-7-15(11-16)13-21/h6-12,22H,4-5,14H2,1-3H3,(H,23,25). The van der Waals surface area contributed by atoms with Crippen molar-refractivity contribution >= 4 is 27.3 Å². The van der Waals surface area contributed by atoms with Crippen LogP contribution in [0, 0.1) is 11.3 Å². The maximum atomic E-state index is 12.7. The molecular formula is C20H24N4O4S. The van der Waals surface area contributed by atoms with Crippen LogP contribution in [0.2, 0.25) is 0 Å². The van der Waals surface area contributed by atoms with Crippen LogP contribution in [-0.2, 0) is 14.8 Å². The number of nitrogens with one attached hydrogen (secondary N) is 2. The SMILES string of the molecule is CCN(CC)S(=O)(=O)c1ccc(OC)c(NC(=O)CNc2cccc(C#N)c2)c1. The van der Waals surface area contributed by atoms with Gasteiger partial charge in [0.15, 0.2) is 0 Å². The predicted molar refractivity (Wildman–Crippen MR) is 111 cm³/mol. The van der Waals surface area contributed by atoms with E-state index in [1.165, 1.54) is 29.6 Å². The molecule has 0 aliphatic rings. The molecule has 0 saturated carbocycles. The summed E-state index contributed by atoms with van der Waals surface area (Å²) in [7, 11) is -2.23. The van der Waals surface area contributed by atoms with Crippen LogP contribution in [0.4, 0.5) is 11.4 Å². The highest BCUT2D eigenvalue weighted by atomic mass is 32.2. The summed E-state index contributed by atoms with van der Waals surface area (Å²) >= 11 is 0. The third-order valence-electron chi connectivity index (χ3n) is 4.23. The van der Waals surface area contributed by atoms with E-state index in [-0.39, 0.29) is 23.0 Å². The zero-order chi connectivity index (χ0) is 21.4. The average molecular weight is 417 g/mol. The molecule has 0 aliphatic heterocycles. The van der Waals surface area contributed by atoms with Crippen molar-refractivity contribution in [1.29, 1.82) is 5.26 Å². The fourth-order valence-electron chi connectivity index (χ4n) is 2.73. The number of ether oxygens (including phenoxy) is 1. The molecule has 0 atom stereocenters. The molecule has 0 aromatic heterocycles.